The Morgan fingerprint density at radius 1 is 1.56 bits per heavy atom. The van der Waals surface area contributed by atoms with Crippen LogP contribution in [0.4, 0.5) is 4.79 Å². The Balaban J connectivity index is 0. The number of unbranched alkanes of at least 4 members (excludes halogenated alkanes) is 1. The molecule has 0 aliphatic rings. The van der Waals surface area contributed by atoms with Gasteiger partial charge in [0.25, 0.3) is 0 Å². The lowest BCUT2D eigenvalue weighted by atomic mass is 10.4. The van der Waals surface area contributed by atoms with Crippen LogP contribution in [-0.4, -0.2) is 22.2 Å². The third kappa shape index (κ3) is 96.0. The number of hydrogen-bond donors (Lipinski definition) is 2. The maximum Gasteiger partial charge on any atom is 0.503 e. The summed E-state index contributed by atoms with van der Waals surface area (Å²) in [7, 11) is 0. The molecule has 56 valence electrons. The van der Waals surface area contributed by atoms with Crippen molar-refractivity contribution >= 4 is 17.8 Å². The normalized spacial score (nSPS) is 7.33. The van der Waals surface area contributed by atoms with Crippen LogP contribution < -0.4 is 0 Å². The second-order valence-corrected chi connectivity index (χ2v) is 1.70. The molecule has 0 fully saturated rings. The van der Waals surface area contributed by atoms with Crippen molar-refractivity contribution in [1.29, 1.82) is 0 Å². The molecule has 9 heavy (non-hydrogen) atoms. The number of rotatable bonds is 2. The van der Waals surface area contributed by atoms with E-state index >= 15 is 0 Å². The van der Waals surface area contributed by atoms with Crippen LogP contribution >= 0.6 is 11.6 Å². The highest BCUT2D eigenvalue weighted by Crippen LogP contribution is 1.86. The number of carbonyl (C=O) groups is 1. The molecule has 0 aromatic rings. The fraction of sp³-hybridized carbons (Fsp3) is 0.800. The Morgan fingerprint density at radius 3 is 1.89 bits per heavy atom. The quantitative estimate of drug-likeness (QED) is 0.600. The van der Waals surface area contributed by atoms with E-state index in [2.05, 4.69) is 6.92 Å². The van der Waals surface area contributed by atoms with Gasteiger partial charge in [-0.2, -0.15) is 0 Å². The molecule has 4 heteroatoms. The Morgan fingerprint density at radius 2 is 1.89 bits per heavy atom. The van der Waals surface area contributed by atoms with E-state index in [9.17, 15) is 0 Å². The van der Waals surface area contributed by atoms with Gasteiger partial charge in [0.2, 0.25) is 0 Å². The summed E-state index contributed by atoms with van der Waals surface area (Å²) in [5.41, 5.74) is 0. The van der Waals surface area contributed by atoms with Gasteiger partial charge in [-0.3, -0.25) is 0 Å². The van der Waals surface area contributed by atoms with Crippen molar-refractivity contribution in [3.8, 4) is 0 Å². The Kier molecular flexibility index (Phi) is 13.3. The van der Waals surface area contributed by atoms with E-state index in [1.165, 1.54) is 6.42 Å². The van der Waals surface area contributed by atoms with E-state index in [1.807, 2.05) is 0 Å². The van der Waals surface area contributed by atoms with Crippen LogP contribution in [-0.2, 0) is 0 Å². The topological polar surface area (TPSA) is 57.5 Å². The summed E-state index contributed by atoms with van der Waals surface area (Å²) in [6, 6.07) is 0. The summed E-state index contributed by atoms with van der Waals surface area (Å²) in [4.78, 5) is 8.56. The highest BCUT2D eigenvalue weighted by atomic mass is 35.5. The average molecular weight is 155 g/mol. The molecule has 0 aromatic heterocycles. The first-order chi connectivity index (χ1) is 4.15. The predicted molar refractivity (Wildman–Crippen MR) is 36.3 cm³/mol. The molecule has 2 N–H and O–H groups in total. The van der Waals surface area contributed by atoms with Crippen LogP contribution in [0, 0.1) is 0 Å². The number of hydrogen-bond acceptors (Lipinski definition) is 1. The van der Waals surface area contributed by atoms with Crippen molar-refractivity contribution in [3.63, 3.8) is 0 Å². The van der Waals surface area contributed by atoms with E-state index in [-0.39, 0.29) is 0 Å². The number of alkyl halides is 1. The summed E-state index contributed by atoms with van der Waals surface area (Å²) in [5, 5.41) is 13.9. The molecule has 0 rings (SSSR count). The molecule has 0 heterocycles. The largest absolute Gasteiger partial charge is 0.503 e. The lowest BCUT2D eigenvalue weighted by Gasteiger charge is -1.77. The van der Waals surface area contributed by atoms with Crippen molar-refractivity contribution < 1.29 is 15.0 Å². The van der Waals surface area contributed by atoms with Crippen LogP contribution in [0.25, 0.3) is 0 Å². The Hall–Kier alpha value is -0.440. The minimum absolute atomic E-state index is 0.816. The first-order valence-corrected chi connectivity index (χ1v) is 3.16. The zero-order valence-corrected chi connectivity index (χ0v) is 6.06. The highest BCUT2D eigenvalue weighted by Gasteiger charge is 1.70. The summed E-state index contributed by atoms with van der Waals surface area (Å²) >= 11 is 5.30. The zero-order chi connectivity index (χ0) is 7.70. The molecule has 0 unspecified atom stereocenters. The van der Waals surface area contributed by atoms with Gasteiger partial charge >= 0.3 is 6.16 Å². The van der Waals surface area contributed by atoms with Crippen LogP contribution in [0.5, 0.6) is 0 Å². The lowest BCUT2D eigenvalue weighted by molar-refractivity contribution is 0.137. The van der Waals surface area contributed by atoms with E-state index in [4.69, 9.17) is 26.6 Å². The fourth-order valence-electron chi connectivity index (χ4n) is 0.134. The summed E-state index contributed by atoms with van der Waals surface area (Å²) < 4.78 is 0. The van der Waals surface area contributed by atoms with Gasteiger partial charge < -0.3 is 10.2 Å². The van der Waals surface area contributed by atoms with Crippen LogP contribution in [0.2, 0.25) is 0 Å². The van der Waals surface area contributed by atoms with Gasteiger partial charge in [0.1, 0.15) is 0 Å². The number of halogens is 1. The first-order valence-electron chi connectivity index (χ1n) is 2.63. The molecular formula is C5H11ClO3. The Labute approximate surface area is 59.3 Å². The molecule has 0 radical (unpaired) electrons. The zero-order valence-electron chi connectivity index (χ0n) is 5.30. The molecule has 0 saturated carbocycles. The molecule has 0 bridgehead atoms. The molecule has 0 aromatic carbocycles. The van der Waals surface area contributed by atoms with E-state index in [0.29, 0.717) is 0 Å². The van der Waals surface area contributed by atoms with Gasteiger partial charge in [0, 0.05) is 5.88 Å². The monoisotopic (exact) mass is 154 g/mol. The van der Waals surface area contributed by atoms with Crippen molar-refractivity contribution in [3.05, 3.63) is 0 Å². The van der Waals surface area contributed by atoms with Gasteiger partial charge in [0.05, 0.1) is 0 Å². The summed E-state index contributed by atoms with van der Waals surface area (Å²) in [6.45, 7) is 2.13. The van der Waals surface area contributed by atoms with Crippen molar-refractivity contribution in [1.82, 2.24) is 0 Å². The standard InChI is InChI=1S/C4H9Cl.CH2O3/c1-2-3-4-5;2-1(3)4/h2-4H2,1H3;(H2,2,3,4). The van der Waals surface area contributed by atoms with Crippen LogP contribution in [0.1, 0.15) is 19.8 Å². The van der Waals surface area contributed by atoms with Crippen LogP contribution in [0.3, 0.4) is 0 Å². The van der Waals surface area contributed by atoms with E-state index in [1.54, 1.807) is 0 Å². The van der Waals surface area contributed by atoms with Gasteiger partial charge in [-0.25, -0.2) is 4.79 Å². The van der Waals surface area contributed by atoms with Gasteiger partial charge in [-0.15, -0.1) is 11.6 Å². The third-order valence-corrected chi connectivity index (χ3v) is 0.754. The molecular weight excluding hydrogens is 144 g/mol. The van der Waals surface area contributed by atoms with Crippen molar-refractivity contribution in [2.75, 3.05) is 5.88 Å². The summed E-state index contributed by atoms with van der Waals surface area (Å²) in [5.74, 6) is 0.816. The molecule has 3 nitrogen and oxygen atoms in total. The second-order valence-electron chi connectivity index (χ2n) is 1.33. The molecule has 0 atom stereocenters. The average Bonchev–Trinajstić information content (AvgIpc) is 1.66. The molecule has 0 aliphatic heterocycles. The van der Waals surface area contributed by atoms with Gasteiger partial charge in [-0.1, -0.05) is 13.3 Å². The first kappa shape index (κ1) is 11.4. The minimum atomic E-state index is -1.83. The lowest BCUT2D eigenvalue weighted by Crippen LogP contribution is -1.81. The maximum atomic E-state index is 8.56. The Bertz CT molecular complexity index is 59.2. The van der Waals surface area contributed by atoms with Crippen molar-refractivity contribution in [2.24, 2.45) is 0 Å². The maximum absolute atomic E-state index is 8.56. The fourth-order valence-corrected chi connectivity index (χ4v) is 0.401. The molecule has 0 spiro atoms. The van der Waals surface area contributed by atoms with Gasteiger partial charge in [-0.05, 0) is 6.42 Å². The van der Waals surface area contributed by atoms with Gasteiger partial charge in [0.15, 0.2) is 0 Å². The summed E-state index contributed by atoms with van der Waals surface area (Å²) in [6.07, 6.45) is 0.533. The number of carboxylic acid groups (broad SMARTS) is 2. The highest BCUT2D eigenvalue weighted by molar-refractivity contribution is 6.17. The predicted octanol–water partition coefficient (Wildman–Crippen LogP) is 2.25. The SMILES string of the molecule is CCCCCl.O=C(O)O. The van der Waals surface area contributed by atoms with Crippen LogP contribution in [0.15, 0.2) is 0 Å². The molecule has 0 aliphatic carbocycles. The third-order valence-electron chi connectivity index (χ3n) is 0.487. The van der Waals surface area contributed by atoms with Crippen molar-refractivity contribution in [2.45, 2.75) is 19.8 Å². The minimum Gasteiger partial charge on any atom is -0.450 e. The molecule has 0 saturated heterocycles. The van der Waals surface area contributed by atoms with E-state index < -0.39 is 6.16 Å². The second kappa shape index (κ2) is 10.5. The molecule has 0 amide bonds. The smallest absolute Gasteiger partial charge is 0.450 e. The van der Waals surface area contributed by atoms with E-state index in [0.717, 1.165) is 12.3 Å².